The van der Waals surface area contributed by atoms with Gasteiger partial charge in [-0.3, -0.25) is 14.3 Å². The molecule has 2 heterocycles. The summed E-state index contributed by atoms with van der Waals surface area (Å²) in [5, 5.41) is 4.10. The molecule has 1 fully saturated rings. The molecule has 0 unspecified atom stereocenters. The number of aryl methyl sites for hydroxylation is 2. The van der Waals surface area contributed by atoms with Crippen molar-refractivity contribution >= 4 is 17.5 Å². The molecule has 2 aromatic rings. The summed E-state index contributed by atoms with van der Waals surface area (Å²) in [5.41, 5.74) is 1.99. The quantitative estimate of drug-likeness (QED) is 0.861. The largest absolute Gasteiger partial charge is 0.329 e. The van der Waals surface area contributed by atoms with Crippen molar-refractivity contribution in [2.24, 2.45) is 0 Å². The van der Waals surface area contributed by atoms with E-state index < -0.39 is 0 Å². The SMILES string of the molecule is Cc1ccccc1N1C[C@@H](C)N(C(=O)CCn2cccn2)CC1=O. The van der Waals surface area contributed by atoms with E-state index in [1.807, 2.05) is 50.4 Å². The van der Waals surface area contributed by atoms with Crippen LogP contribution in [0.4, 0.5) is 5.69 Å². The number of aromatic nitrogens is 2. The lowest BCUT2D eigenvalue weighted by atomic mass is 10.1. The first kappa shape index (κ1) is 16.2. The third-order valence-corrected chi connectivity index (χ3v) is 4.43. The zero-order chi connectivity index (χ0) is 17.1. The van der Waals surface area contributed by atoms with E-state index in [4.69, 9.17) is 0 Å². The highest BCUT2D eigenvalue weighted by atomic mass is 16.2. The summed E-state index contributed by atoms with van der Waals surface area (Å²) in [5.74, 6) is -0.0365. The van der Waals surface area contributed by atoms with Crippen LogP contribution in [0.3, 0.4) is 0 Å². The molecular formula is C18H22N4O2. The van der Waals surface area contributed by atoms with Crippen LogP contribution in [-0.2, 0) is 16.1 Å². The van der Waals surface area contributed by atoms with Crippen molar-refractivity contribution in [2.45, 2.75) is 32.9 Å². The monoisotopic (exact) mass is 326 g/mol. The van der Waals surface area contributed by atoms with Gasteiger partial charge < -0.3 is 9.80 Å². The van der Waals surface area contributed by atoms with E-state index in [9.17, 15) is 9.59 Å². The molecule has 1 aromatic carbocycles. The van der Waals surface area contributed by atoms with Crippen molar-refractivity contribution in [1.29, 1.82) is 0 Å². The maximum Gasteiger partial charge on any atom is 0.246 e. The zero-order valence-corrected chi connectivity index (χ0v) is 14.1. The highest BCUT2D eigenvalue weighted by Gasteiger charge is 2.33. The second-order valence-electron chi connectivity index (χ2n) is 6.18. The molecule has 1 aliphatic rings. The molecule has 0 aliphatic carbocycles. The van der Waals surface area contributed by atoms with Crippen LogP contribution in [0.5, 0.6) is 0 Å². The molecule has 24 heavy (non-hydrogen) atoms. The average molecular weight is 326 g/mol. The van der Waals surface area contributed by atoms with Gasteiger partial charge in [-0.25, -0.2) is 0 Å². The highest BCUT2D eigenvalue weighted by molar-refractivity contribution is 5.98. The molecule has 0 spiro atoms. The fourth-order valence-electron chi connectivity index (χ4n) is 3.07. The molecule has 1 saturated heterocycles. The van der Waals surface area contributed by atoms with E-state index in [1.165, 1.54) is 0 Å². The number of rotatable bonds is 4. The Balaban J connectivity index is 1.66. The van der Waals surface area contributed by atoms with Crippen LogP contribution in [0.1, 0.15) is 18.9 Å². The molecule has 0 saturated carbocycles. The Kier molecular flexibility index (Phi) is 4.64. The summed E-state index contributed by atoms with van der Waals surface area (Å²) in [6.45, 7) is 5.17. The Morgan fingerprint density at radius 3 is 2.79 bits per heavy atom. The van der Waals surface area contributed by atoms with E-state index in [0.29, 0.717) is 19.5 Å². The Morgan fingerprint density at radius 1 is 1.29 bits per heavy atom. The smallest absolute Gasteiger partial charge is 0.246 e. The molecule has 6 nitrogen and oxygen atoms in total. The lowest BCUT2D eigenvalue weighted by Gasteiger charge is -2.40. The van der Waals surface area contributed by atoms with Crippen LogP contribution in [0.25, 0.3) is 0 Å². The fourth-order valence-corrected chi connectivity index (χ4v) is 3.07. The molecular weight excluding hydrogens is 304 g/mol. The van der Waals surface area contributed by atoms with Crippen molar-refractivity contribution < 1.29 is 9.59 Å². The first-order valence-corrected chi connectivity index (χ1v) is 8.19. The van der Waals surface area contributed by atoms with Crippen LogP contribution in [0.2, 0.25) is 0 Å². The van der Waals surface area contributed by atoms with Crippen molar-refractivity contribution in [3.8, 4) is 0 Å². The van der Waals surface area contributed by atoms with Gasteiger partial charge in [0.05, 0.1) is 0 Å². The molecule has 3 rings (SSSR count). The van der Waals surface area contributed by atoms with E-state index in [2.05, 4.69) is 5.10 Å². The Morgan fingerprint density at radius 2 is 2.08 bits per heavy atom. The minimum atomic E-state index is -0.0326. The molecule has 1 aromatic heterocycles. The van der Waals surface area contributed by atoms with Gasteiger partial charge >= 0.3 is 0 Å². The number of amides is 2. The van der Waals surface area contributed by atoms with Crippen LogP contribution in [-0.4, -0.2) is 45.6 Å². The van der Waals surface area contributed by atoms with Gasteiger partial charge in [0.1, 0.15) is 6.54 Å². The number of para-hydroxylation sites is 1. The summed E-state index contributed by atoms with van der Waals surface area (Å²) >= 11 is 0. The maximum atomic E-state index is 12.6. The van der Waals surface area contributed by atoms with Gasteiger partial charge in [-0.1, -0.05) is 18.2 Å². The number of anilines is 1. The summed E-state index contributed by atoms with van der Waals surface area (Å²) in [7, 11) is 0. The van der Waals surface area contributed by atoms with Crippen molar-refractivity contribution in [3.63, 3.8) is 0 Å². The molecule has 0 bridgehead atoms. The van der Waals surface area contributed by atoms with Crippen LogP contribution in [0.15, 0.2) is 42.7 Å². The summed E-state index contributed by atoms with van der Waals surface area (Å²) in [6, 6.07) is 9.66. The lowest BCUT2D eigenvalue weighted by molar-refractivity contribution is -0.139. The number of carbonyl (C=O) groups is 2. The highest BCUT2D eigenvalue weighted by Crippen LogP contribution is 2.24. The van der Waals surface area contributed by atoms with Gasteiger partial charge in [0.15, 0.2) is 0 Å². The number of carbonyl (C=O) groups excluding carboxylic acids is 2. The Labute approximate surface area is 141 Å². The molecule has 0 N–H and O–H groups in total. The van der Waals surface area contributed by atoms with Gasteiger partial charge in [0, 0.05) is 43.6 Å². The van der Waals surface area contributed by atoms with E-state index >= 15 is 0 Å². The van der Waals surface area contributed by atoms with Gasteiger partial charge in [-0.2, -0.15) is 5.10 Å². The van der Waals surface area contributed by atoms with Gasteiger partial charge in [-0.15, -0.1) is 0 Å². The lowest BCUT2D eigenvalue weighted by Crippen LogP contribution is -2.57. The molecule has 126 valence electrons. The molecule has 0 radical (unpaired) electrons. The summed E-state index contributed by atoms with van der Waals surface area (Å²) in [6.07, 6.45) is 3.87. The average Bonchev–Trinajstić information content (AvgIpc) is 3.08. The molecule has 1 atom stereocenters. The second kappa shape index (κ2) is 6.86. The standard InChI is InChI=1S/C18H22N4O2/c1-14-6-3-4-7-16(14)22-12-15(2)21(13-18(22)24)17(23)8-11-20-10-5-9-19-20/h3-7,9-10,15H,8,11-13H2,1-2H3/t15-/m1/s1. The minimum Gasteiger partial charge on any atom is -0.329 e. The van der Waals surface area contributed by atoms with Crippen molar-refractivity contribution in [1.82, 2.24) is 14.7 Å². The van der Waals surface area contributed by atoms with Crippen molar-refractivity contribution in [3.05, 3.63) is 48.3 Å². The Bertz CT molecular complexity index is 726. The third kappa shape index (κ3) is 3.32. The third-order valence-electron chi connectivity index (χ3n) is 4.43. The number of benzene rings is 1. The van der Waals surface area contributed by atoms with Gasteiger partial charge in [-0.05, 0) is 31.5 Å². The Hall–Kier alpha value is -2.63. The van der Waals surface area contributed by atoms with Crippen LogP contribution < -0.4 is 4.90 Å². The minimum absolute atomic E-state index is 0.00390. The fraction of sp³-hybridized carbons (Fsp3) is 0.389. The first-order valence-electron chi connectivity index (χ1n) is 8.19. The topological polar surface area (TPSA) is 58.4 Å². The number of piperazine rings is 1. The molecule has 6 heteroatoms. The normalized spacial score (nSPS) is 18.1. The second-order valence-corrected chi connectivity index (χ2v) is 6.18. The number of hydrogen-bond acceptors (Lipinski definition) is 3. The summed E-state index contributed by atoms with van der Waals surface area (Å²) in [4.78, 5) is 28.5. The van der Waals surface area contributed by atoms with E-state index in [-0.39, 0.29) is 24.4 Å². The maximum absolute atomic E-state index is 12.6. The number of nitrogens with zero attached hydrogens (tertiary/aromatic N) is 4. The van der Waals surface area contributed by atoms with E-state index in [1.54, 1.807) is 20.7 Å². The van der Waals surface area contributed by atoms with Crippen molar-refractivity contribution in [2.75, 3.05) is 18.0 Å². The van der Waals surface area contributed by atoms with Gasteiger partial charge in [0.25, 0.3) is 0 Å². The number of hydrogen-bond donors (Lipinski definition) is 0. The predicted octanol–water partition coefficient (Wildman–Crippen LogP) is 1.85. The summed E-state index contributed by atoms with van der Waals surface area (Å²) < 4.78 is 1.73. The zero-order valence-electron chi connectivity index (χ0n) is 14.1. The molecule has 1 aliphatic heterocycles. The van der Waals surface area contributed by atoms with Crippen LogP contribution in [0, 0.1) is 6.92 Å². The van der Waals surface area contributed by atoms with Gasteiger partial charge in [0.2, 0.25) is 11.8 Å². The first-order chi connectivity index (χ1) is 11.6. The molecule has 2 amide bonds. The predicted molar refractivity (Wildman–Crippen MR) is 91.6 cm³/mol. The van der Waals surface area contributed by atoms with E-state index in [0.717, 1.165) is 11.3 Å². The van der Waals surface area contributed by atoms with Crippen LogP contribution >= 0.6 is 0 Å².